The van der Waals surface area contributed by atoms with E-state index in [1.807, 2.05) is 6.20 Å². The van der Waals surface area contributed by atoms with Crippen LogP contribution in [0.5, 0.6) is 0 Å². The van der Waals surface area contributed by atoms with Gasteiger partial charge in [-0.2, -0.15) is 0 Å². The lowest BCUT2D eigenvalue weighted by atomic mass is 9.61. The maximum absolute atomic E-state index is 4.44. The highest BCUT2D eigenvalue weighted by Crippen LogP contribution is 2.45. The molecule has 1 aromatic heterocycles. The maximum Gasteiger partial charge on any atom is 0.0648 e. The molecule has 0 bridgehead atoms. The van der Waals surface area contributed by atoms with Crippen molar-refractivity contribution in [2.75, 3.05) is 0 Å². The Hall–Kier alpha value is -0.920. The lowest BCUT2D eigenvalue weighted by Gasteiger charge is -2.44. The molecule has 0 aliphatic heterocycles. The highest BCUT2D eigenvalue weighted by molar-refractivity contribution is 5.15. The van der Waals surface area contributed by atoms with Crippen LogP contribution in [0.15, 0.2) is 18.6 Å². The summed E-state index contributed by atoms with van der Waals surface area (Å²) in [5, 5.41) is 0. The highest BCUT2D eigenvalue weighted by Gasteiger charge is 2.41. The van der Waals surface area contributed by atoms with Gasteiger partial charge in [0.25, 0.3) is 0 Å². The van der Waals surface area contributed by atoms with Gasteiger partial charge in [-0.1, -0.05) is 41.5 Å². The summed E-state index contributed by atoms with van der Waals surface area (Å²) >= 11 is 0. The molecule has 0 aliphatic carbocycles. The maximum atomic E-state index is 4.44. The normalized spacial score (nSPS) is 13.3. The van der Waals surface area contributed by atoms with Crippen LogP contribution >= 0.6 is 0 Å². The van der Waals surface area contributed by atoms with Crippen LogP contribution in [0.2, 0.25) is 0 Å². The Kier molecular flexibility index (Phi) is 3.17. The number of hydrogen-bond acceptors (Lipinski definition) is 2. The molecule has 0 unspecified atom stereocenters. The summed E-state index contributed by atoms with van der Waals surface area (Å²) in [6, 6.07) is 0. The molecule has 0 aromatic carbocycles. The first-order chi connectivity index (χ1) is 6.80. The molecule has 84 valence electrons. The van der Waals surface area contributed by atoms with Crippen molar-refractivity contribution >= 4 is 0 Å². The van der Waals surface area contributed by atoms with Gasteiger partial charge in [0.1, 0.15) is 0 Å². The molecular weight excluding hydrogens is 184 g/mol. The lowest BCUT2D eigenvalue weighted by molar-refractivity contribution is 0.122. The van der Waals surface area contributed by atoms with Crippen molar-refractivity contribution in [1.29, 1.82) is 0 Å². The van der Waals surface area contributed by atoms with E-state index in [9.17, 15) is 0 Å². The molecule has 15 heavy (non-hydrogen) atoms. The molecule has 0 saturated carbocycles. The Bertz CT molecular complexity index is 313. The molecule has 0 amide bonds. The fourth-order valence-electron chi connectivity index (χ4n) is 1.67. The minimum atomic E-state index is 0.0371. The average Bonchev–Trinajstić information content (AvgIpc) is 2.18. The topological polar surface area (TPSA) is 25.8 Å². The van der Waals surface area contributed by atoms with Crippen LogP contribution in [0.1, 0.15) is 47.2 Å². The van der Waals surface area contributed by atoms with Crippen molar-refractivity contribution in [3.05, 3.63) is 24.3 Å². The van der Waals surface area contributed by atoms with Crippen LogP contribution in [0.4, 0.5) is 0 Å². The molecule has 1 aromatic rings. The summed E-state index contributed by atoms with van der Waals surface area (Å²) in [6.07, 6.45) is 5.37. The van der Waals surface area contributed by atoms with Crippen molar-refractivity contribution in [3.8, 4) is 0 Å². The smallest absolute Gasteiger partial charge is 0.0648 e. The number of aromatic nitrogens is 2. The minimum Gasteiger partial charge on any atom is -0.261 e. The van der Waals surface area contributed by atoms with Crippen LogP contribution in [0, 0.1) is 11.3 Å². The number of nitrogens with zero attached hydrogens (tertiary/aromatic N) is 2. The quantitative estimate of drug-likeness (QED) is 0.757. The van der Waals surface area contributed by atoms with Gasteiger partial charge in [0.15, 0.2) is 0 Å². The van der Waals surface area contributed by atoms with Gasteiger partial charge < -0.3 is 0 Å². The first-order valence-electron chi connectivity index (χ1n) is 5.56. The lowest BCUT2D eigenvalue weighted by Crippen LogP contribution is -2.41. The fraction of sp³-hybridized carbons (Fsp3) is 0.692. The van der Waals surface area contributed by atoms with Crippen molar-refractivity contribution in [3.63, 3.8) is 0 Å². The standard InChI is InChI=1S/C13H22N2/c1-10(2)12(3,4)13(5,6)11-9-14-7-8-15-11/h7-10H,1-6H3. The molecule has 0 N–H and O–H groups in total. The third kappa shape index (κ3) is 2.04. The molecule has 0 saturated heterocycles. The Morgan fingerprint density at radius 2 is 1.67 bits per heavy atom. The number of hydrogen-bond donors (Lipinski definition) is 0. The molecule has 0 atom stereocenters. The van der Waals surface area contributed by atoms with E-state index in [4.69, 9.17) is 0 Å². The van der Waals surface area contributed by atoms with E-state index in [0.29, 0.717) is 5.92 Å². The highest BCUT2D eigenvalue weighted by atomic mass is 14.8. The first kappa shape index (κ1) is 12.2. The zero-order valence-corrected chi connectivity index (χ0v) is 10.7. The van der Waals surface area contributed by atoms with Crippen molar-refractivity contribution in [1.82, 2.24) is 9.97 Å². The molecule has 0 spiro atoms. The van der Waals surface area contributed by atoms with E-state index in [0.717, 1.165) is 5.69 Å². The Balaban J connectivity index is 3.13. The minimum absolute atomic E-state index is 0.0371. The van der Waals surface area contributed by atoms with E-state index >= 15 is 0 Å². The van der Waals surface area contributed by atoms with Gasteiger partial charge >= 0.3 is 0 Å². The summed E-state index contributed by atoms with van der Waals surface area (Å²) in [4.78, 5) is 8.60. The van der Waals surface area contributed by atoms with E-state index < -0.39 is 0 Å². The van der Waals surface area contributed by atoms with Crippen molar-refractivity contribution < 1.29 is 0 Å². The molecule has 0 radical (unpaired) electrons. The molecule has 0 aliphatic rings. The van der Waals surface area contributed by atoms with Gasteiger partial charge in [0, 0.05) is 24.0 Å². The van der Waals surface area contributed by atoms with Crippen molar-refractivity contribution in [2.24, 2.45) is 11.3 Å². The van der Waals surface area contributed by atoms with Gasteiger partial charge in [-0.15, -0.1) is 0 Å². The van der Waals surface area contributed by atoms with Gasteiger partial charge in [0.05, 0.1) is 5.69 Å². The largest absolute Gasteiger partial charge is 0.261 e. The van der Waals surface area contributed by atoms with Crippen LogP contribution in [-0.4, -0.2) is 9.97 Å². The Morgan fingerprint density at radius 3 is 2.07 bits per heavy atom. The summed E-state index contributed by atoms with van der Waals surface area (Å²) < 4.78 is 0. The third-order valence-electron chi connectivity index (χ3n) is 4.26. The zero-order valence-electron chi connectivity index (χ0n) is 10.7. The molecule has 1 rings (SSSR count). The molecule has 2 heteroatoms. The molecule has 2 nitrogen and oxygen atoms in total. The Labute approximate surface area is 93.2 Å². The molecular formula is C13H22N2. The van der Waals surface area contributed by atoms with Gasteiger partial charge in [-0.05, 0) is 11.3 Å². The number of rotatable bonds is 3. The second-order valence-corrected chi connectivity index (χ2v) is 5.59. The van der Waals surface area contributed by atoms with Crippen LogP contribution in [-0.2, 0) is 5.41 Å². The molecule has 1 heterocycles. The summed E-state index contributed by atoms with van der Waals surface area (Å²) in [7, 11) is 0. The predicted molar refractivity (Wildman–Crippen MR) is 63.7 cm³/mol. The van der Waals surface area contributed by atoms with Gasteiger partial charge in [-0.3, -0.25) is 9.97 Å². The second kappa shape index (κ2) is 3.92. The van der Waals surface area contributed by atoms with Gasteiger partial charge in [-0.25, -0.2) is 0 Å². The third-order valence-corrected chi connectivity index (χ3v) is 4.26. The van der Waals surface area contributed by atoms with E-state index in [1.165, 1.54) is 0 Å². The monoisotopic (exact) mass is 206 g/mol. The van der Waals surface area contributed by atoms with Crippen LogP contribution < -0.4 is 0 Å². The van der Waals surface area contributed by atoms with E-state index in [1.54, 1.807) is 12.4 Å². The SMILES string of the molecule is CC(C)C(C)(C)C(C)(C)c1cnccn1. The summed E-state index contributed by atoms with van der Waals surface area (Å²) in [5.74, 6) is 0.606. The second-order valence-electron chi connectivity index (χ2n) is 5.59. The average molecular weight is 206 g/mol. The zero-order chi connectivity index (χ0) is 11.7. The first-order valence-corrected chi connectivity index (χ1v) is 5.56. The van der Waals surface area contributed by atoms with Crippen LogP contribution in [0.25, 0.3) is 0 Å². The van der Waals surface area contributed by atoms with Crippen molar-refractivity contribution in [2.45, 2.75) is 47.0 Å². The molecule has 0 fully saturated rings. The van der Waals surface area contributed by atoms with E-state index in [2.05, 4.69) is 51.5 Å². The van der Waals surface area contributed by atoms with Gasteiger partial charge in [0.2, 0.25) is 0 Å². The summed E-state index contributed by atoms with van der Waals surface area (Å²) in [5.41, 5.74) is 1.31. The fourth-order valence-corrected chi connectivity index (χ4v) is 1.67. The van der Waals surface area contributed by atoms with E-state index in [-0.39, 0.29) is 10.8 Å². The Morgan fingerprint density at radius 1 is 1.07 bits per heavy atom. The predicted octanol–water partition coefficient (Wildman–Crippen LogP) is 3.44. The van der Waals surface area contributed by atoms with Crippen LogP contribution in [0.3, 0.4) is 0 Å². The summed E-state index contributed by atoms with van der Waals surface area (Å²) in [6.45, 7) is 13.6.